The monoisotopic (exact) mass is 284 g/mol. The van der Waals surface area contributed by atoms with Gasteiger partial charge in [-0.1, -0.05) is 24.3 Å². The van der Waals surface area contributed by atoms with E-state index in [4.69, 9.17) is 4.74 Å². The predicted molar refractivity (Wildman–Crippen MR) is 84.1 cm³/mol. The molecule has 0 fully saturated rings. The molecule has 0 saturated heterocycles. The van der Waals surface area contributed by atoms with E-state index in [0.717, 1.165) is 16.7 Å². The highest BCUT2D eigenvalue weighted by Crippen LogP contribution is 2.28. The molecule has 110 valence electrons. The molecule has 1 aromatic carbocycles. The van der Waals surface area contributed by atoms with Crippen molar-refractivity contribution in [2.75, 3.05) is 13.1 Å². The zero-order chi connectivity index (χ0) is 15.0. The van der Waals surface area contributed by atoms with Gasteiger partial charge in [-0.3, -0.25) is 0 Å². The topological polar surface area (TPSA) is 45.3 Å². The molecule has 1 amide bonds. The van der Waals surface area contributed by atoms with Gasteiger partial charge in [0.2, 0.25) is 0 Å². The van der Waals surface area contributed by atoms with Gasteiger partial charge in [0, 0.05) is 24.8 Å². The Morgan fingerprint density at radius 3 is 2.86 bits per heavy atom. The van der Waals surface area contributed by atoms with Crippen LogP contribution in [0.25, 0.3) is 16.5 Å². The van der Waals surface area contributed by atoms with Gasteiger partial charge < -0.3 is 14.6 Å². The quantitative estimate of drug-likeness (QED) is 0.865. The lowest BCUT2D eigenvalue weighted by Crippen LogP contribution is -2.35. The van der Waals surface area contributed by atoms with Crippen molar-refractivity contribution in [2.24, 2.45) is 0 Å². The van der Waals surface area contributed by atoms with Gasteiger partial charge in [0.15, 0.2) is 0 Å². The number of H-pyrrole nitrogens is 1. The fraction of sp³-hybridized carbons (Fsp3) is 0.353. The molecule has 0 bridgehead atoms. The number of hydrogen-bond acceptors (Lipinski definition) is 2. The van der Waals surface area contributed by atoms with Crippen molar-refractivity contribution in [3.63, 3.8) is 0 Å². The van der Waals surface area contributed by atoms with Gasteiger partial charge in [0.05, 0.1) is 5.52 Å². The smallest absolute Gasteiger partial charge is 0.410 e. The minimum Gasteiger partial charge on any atom is -0.444 e. The Bertz CT molecular complexity index is 707. The number of carbonyl (C=O) groups excluding carboxylic acids is 1. The Hall–Kier alpha value is -2.23. The van der Waals surface area contributed by atoms with E-state index in [0.29, 0.717) is 13.1 Å². The molecule has 0 unspecified atom stereocenters. The van der Waals surface area contributed by atoms with Crippen molar-refractivity contribution >= 4 is 22.6 Å². The Labute approximate surface area is 124 Å². The Kier molecular flexibility index (Phi) is 3.24. The van der Waals surface area contributed by atoms with E-state index in [9.17, 15) is 4.79 Å². The molecular formula is C17H20N2O2. The van der Waals surface area contributed by atoms with E-state index in [1.807, 2.05) is 33.0 Å². The highest BCUT2D eigenvalue weighted by atomic mass is 16.6. The highest BCUT2D eigenvalue weighted by Gasteiger charge is 2.26. The molecule has 2 heterocycles. The molecule has 4 heteroatoms. The van der Waals surface area contributed by atoms with Crippen LogP contribution in [-0.4, -0.2) is 34.7 Å². The zero-order valence-corrected chi connectivity index (χ0v) is 12.6. The van der Waals surface area contributed by atoms with Crippen LogP contribution in [0.15, 0.2) is 36.5 Å². The minimum absolute atomic E-state index is 0.257. The van der Waals surface area contributed by atoms with Gasteiger partial charge in [-0.05, 0) is 37.8 Å². The number of aromatic amines is 1. The molecule has 0 spiro atoms. The first-order chi connectivity index (χ1) is 9.94. The first-order valence-electron chi connectivity index (χ1n) is 7.17. The van der Waals surface area contributed by atoms with Crippen LogP contribution in [0.2, 0.25) is 0 Å². The number of carbonyl (C=O) groups is 1. The van der Waals surface area contributed by atoms with Crippen LogP contribution < -0.4 is 0 Å². The summed E-state index contributed by atoms with van der Waals surface area (Å²) >= 11 is 0. The maximum atomic E-state index is 12.1. The number of ether oxygens (including phenoxy) is 1. The maximum Gasteiger partial charge on any atom is 0.410 e. The van der Waals surface area contributed by atoms with Crippen LogP contribution in [0.5, 0.6) is 0 Å². The molecule has 0 aliphatic carbocycles. The second-order valence-electron chi connectivity index (χ2n) is 6.34. The minimum atomic E-state index is -0.459. The third-order valence-corrected chi connectivity index (χ3v) is 3.50. The van der Waals surface area contributed by atoms with Crippen LogP contribution in [0.1, 0.15) is 26.3 Å². The summed E-state index contributed by atoms with van der Waals surface area (Å²) in [6, 6.07) is 8.27. The largest absolute Gasteiger partial charge is 0.444 e. The van der Waals surface area contributed by atoms with Crippen molar-refractivity contribution < 1.29 is 9.53 Å². The fourth-order valence-corrected chi connectivity index (χ4v) is 2.57. The summed E-state index contributed by atoms with van der Waals surface area (Å²) in [6.45, 7) is 6.84. The Morgan fingerprint density at radius 2 is 2.10 bits per heavy atom. The number of rotatable bonds is 1. The van der Waals surface area contributed by atoms with Crippen molar-refractivity contribution in [1.29, 1.82) is 0 Å². The summed E-state index contributed by atoms with van der Waals surface area (Å²) in [4.78, 5) is 17.1. The van der Waals surface area contributed by atoms with Crippen molar-refractivity contribution in [3.05, 3.63) is 42.1 Å². The fourth-order valence-electron chi connectivity index (χ4n) is 2.57. The predicted octanol–water partition coefficient (Wildman–Crippen LogP) is 3.80. The summed E-state index contributed by atoms with van der Waals surface area (Å²) < 4.78 is 5.42. The lowest BCUT2D eigenvalue weighted by molar-refractivity contribution is 0.0306. The average molecular weight is 284 g/mol. The summed E-state index contributed by atoms with van der Waals surface area (Å²) in [7, 11) is 0. The molecule has 1 aliphatic heterocycles. The van der Waals surface area contributed by atoms with E-state index in [1.165, 1.54) is 5.39 Å². The molecule has 0 radical (unpaired) electrons. The van der Waals surface area contributed by atoms with Crippen LogP contribution in [0.3, 0.4) is 0 Å². The lowest BCUT2D eigenvalue weighted by atomic mass is 10.0. The Balaban J connectivity index is 1.78. The van der Waals surface area contributed by atoms with E-state index >= 15 is 0 Å². The standard InChI is InChI=1S/C17H20N2O2/c1-17(2,3)21-16(20)19-10-8-13(11-19)14-6-4-5-12-7-9-18-15(12)14/h4-9,18H,10-11H2,1-3H3. The number of benzene rings is 1. The molecule has 1 N–H and O–H groups in total. The first kappa shape index (κ1) is 13.7. The number of para-hydroxylation sites is 1. The lowest BCUT2D eigenvalue weighted by Gasteiger charge is -2.24. The first-order valence-corrected chi connectivity index (χ1v) is 7.17. The molecule has 4 nitrogen and oxygen atoms in total. The summed E-state index contributed by atoms with van der Waals surface area (Å²) in [5.74, 6) is 0. The number of nitrogens with zero attached hydrogens (tertiary/aromatic N) is 1. The number of hydrogen-bond donors (Lipinski definition) is 1. The van der Waals surface area contributed by atoms with E-state index in [1.54, 1.807) is 4.90 Å². The van der Waals surface area contributed by atoms with Crippen LogP contribution in [0.4, 0.5) is 4.79 Å². The molecule has 1 aromatic heterocycles. The van der Waals surface area contributed by atoms with Crippen molar-refractivity contribution in [2.45, 2.75) is 26.4 Å². The molecule has 2 aromatic rings. The second-order valence-corrected chi connectivity index (χ2v) is 6.34. The summed E-state index contributed by atoms with van der Waals surface area (Å²) in [5.41, 5.74) is 2.98. The number of fused-ring (bicyclic) bond motifs is 1. The molecule has 1 aliphatic rings. The van der Waals surface area contributed by atoms with Crippen LogP contribution >= 0.6 is 0 Å². The summed E-state index contributed by atoms with van der Waals surface area (Å²) in [5, 5.41) is 1.18. The SMILES string of the molecule is CC(C)(C)OC(=O)N1CC=C(c2cccc3cc[nH]c23)C1. The van der Waals surface area contributed by atoms with Crippen molar-refractivity contribution in [3.8, 4) is 0 Å². The highest BCUT2D eigenvalue weighted by molar-refractivity contribution is 5.93. The Morgan fingerprint density at radius 1 is 1.29 bits per heavy atom. The molecule has 3 rings (SSSR count). The van der Waals surface area contributed by atoms with E-state index in [2.05, 4.69) is 29.3 Å². The second kappa shape index (κ2) is 4.95. The molecule has 21 heavy (non-hydrogen) atoms. The third kappa shape index (κ3) is 2.79. The maximum absolute atomic E-state index is 12.1. The third-order valence-electron chi connectivity index (χ3n) is 3.50. The van der Waals surface area contributed by atoms with E-state index in [-0.39, 0.29) is 6.09 Å². The number of amides is 1. The molecule has 0 atom stereocenters. The zero-order valence-electron chi connectivity index (χ0n) is 12.6. The molecular weight excluding hydrogens is 264 g/mol. The van der Waals surface area contributed by atoms with Gasteiger partial charge in [-0.25, -0.2) is 4.79 Å². The van der Waals surface area contributed by atoms with E-state index < -0.39 is 5.60 Å². The van der Waals surface area contributed by atoms with Crippen molar-refractivity contribution in [1.82, 2.24) is 9.88 Å². The van der Waals surface area contributed by atoms with Gasteiger partial charge >= 0.3 is 6.09 Å². The van der Waals surface area contributed by atoms with Gasteiger partial charge in [-0.2, -0.15) is 0 Å². The van der Waals surface area contributed by atoms with Gasteiger partial charge in [0.25, 0.3) is 0 Å². The normalized spacial score (nSPS) is 15.4. The van der Waals surface area contributed by atoms with Gasteiger partial charge in [-0.15, -0.1) is 0 Å². The molecule has 0 saturated carbocycles. The van der Waals surface area contributed by atoms with Crippen LogP contribution in [0, 0.1) is 0 Å². The van der Waals surface area contributed by atoms with Crippen LogP contribution in [-0.2, 0) is 4.74 Å². The average Bonchev–Trinajstić information content (AvgIpc) is 3.05. The number of aromatic nitrogens is 1. The van der Waals surface area contributed by atoms with Gasteiger partial charge in [0.1, 0.15) is 5.60 Å². The summed E-state index contributed by atoms with van der Waals surface area (Å²) in [6.07, 6.45) is 3.78. The number of nitrogens with one attached hydrogen (secondary N) is 1.